The molecule has 2 aliphatic rings. The quantitative estimate of drug-likeness (QED) is 0.335. The molecule has 11 nitrogen and oxygen atoms in total. The number of carbonyl (C=O) groups is 2. The van der Waals surface area contributed by atoms with E-state index in [1.807, 2.05) is 20.8 Å². The number of carbonyl (C=O) groups excluding carboxylic acids is 2. The second-order valence-electron chi connectivity index (χ2n) is 12.0. The van der Waals surface area contributed by atoms with Gasteiger partial charge in [-0.15, -0.1) is 0 Å². The van der Waals surface area contributed by atoms with Gasteiger partial charge < -0.3 is 26.6 Å². The number of halogens is 3. The number of piperidine rings is 1. The average Bonchev–Trinajstić information content (AvgIpc) is 3.28. The van der Waals surface area contributed by atoms with E-state index in [0.717, 1.165) is 12.1 Å². The summed E-state index contributed by atoms with van der Waals surface area (Å²) in [5.41, 5.74) is 5.50. The van der Waals surface area contributed by atoms with Crippen LogP contribution in [-0.4, -0.2) is 67.2 Å². The van der Waals surface area contributed by atoms with Crippen molar-refractivity contribution in [3.63, 3.8) is 0 Å². The molecule has 1 aliphatic heterocycles. The van der Waals surface area contributed by atoms with Crippen LogP contribution in [0.2, 0.25) is 0 Å². The van der Waals surface area contributed by atoms with E-state index in [9.17, 15) is 18.4 Å². The molecular formula is C28H36F3N9O2. The molecule has 2 unspecified atom stereocenters. The van der Waals surface area contributed by atoms with Crippen LogP contribution in [0.4, 0.5) is 35.5 Å². The number of fused-ring (bicyclic) bond motifs is 1. The smallest absolute Gasteiger partial charge is 0.317 e. The number of amides is 3. The predicted octanol–water partition coefficient (Wildman–Crippen LogP) is 4.40. The summed E-state index contributed by atoms with van der Waals surface area (Å²) >= 11 is 0. The lowest BCUT2D eigenvalue weighted by atomic mass is 9.85. The molecule has 1 aliphatic carbocycles. The van der Waals surface area contributed by atoms with Crippen LogP contribution in [0, 0.1) is 17.6 Å². The molecule has 3 heterocycles. The first-order valence-corrected chi connectivity index (χ1v) is 14.1. The Morgan fingerprint density at radius 2 is 1.74 bits per heavy atom. The summed E-state index contributed by atoms with van der Waals surface area (Å²) in [7, 11) is 0. The van der Waals surface area contributed by atoms with E-state index >= 15 is 4.39 Å². The standard InChI is InChI=1S/C28H36F3N9O2/c1-28(2,3)38-27(42)39-12-11-20(19(31)14-39)34-25-33-13-21-24(37-25)40(16-9-7-15(8-10-16)23(32)41)26(35-21)36-22-17(29)5-4-6-18(22)30/h4-6,13,15-16,19-20H,7-12,14H2,1-3H3,(H2,32,41)(H,35,36)(H,38,42)(H,33,34,37). The highest BCUT2D eigenvalue weighted by Crippen LogP contribution is 2.37. The van der Waals surface area contributed by atoms with E-state index in [2.05, 4.69) is 30.9 Å². The van der Waals surface area contributed by atoms with Crippen molar-refractivity contribution in [3.05, 3.63) is 36.0 Å². The molecule has 2 aromatic heterocycles. The van der Waals surface area contributed by atoms with Crippen LogP contribution < -0.4 is 21.7 Å². The molecule has 2 atom stereocenters. The molecule has 0 radical (unpaired) electrons. The van der Waals surface area contributed by atoms with Gasteiger partial charge in [-0.1, -0.05) is 6.07 Å². The maximum absolute atomic E-state index is 15.2. The first-order valence-electron chi connectivity index (χ1n) is 14.1. The number of likely N-dealkylation sites (tertiary alicyclic amines) is 1. The van der Waals surface area contributed by atoms with Crippen molar-refractivity contribution in [2.45, 2.75) is 76.7 Å². The summed E-state index contributed by atoms with van der Waals surface area (Å²) in [5.74, 6) is -1.83. The Morgan fingerprint density at radius 3 is 2.36 bits per heavy atom. The lowest BCUT2D eigenvalue weighted by Crippen LogP contribution is -2.55. The molecule has 1 saturated heterocycles. The number of urea groups is 1. The van der Waals surface area contributed by atoms with Crippen molar-refractivity contribution < 1.29 is 22.8 Å². The number of nitrogens with two attached hydrogens (primary N) is 1. The average molecular weight is 588 g/mol. The van der Waals surface area contributed by atoms with Crippen LogP contribution in [0.1, 0.15) is 58.9 Å². The Labute approximate surface area is 241 Å². The monoisotopic (exact) mass is 587 g/mol. The van der Waals surface area contributed by atoms with Crippen LogP contribution >= 0.6 is 0 Å². The minimum atomic E-state index is -1.36. The molecule has 226 valence electrons. The van der Waals surface area contributed by atoms with Gasteiger partial charge in [0.2, 0.25) is 17.8 Å². The van der Waals surface area contributed by atoms with Crippen LogP contribution in [-0.2, 0) is 4.79 Å². The first kappa shape index (κ1) is 29.4. The number of aromatic nitrogens is 4. The Kier molecular flexibility index (Phi) is 8.15. The molecule has 5 N–H and O–H groups in total. The highest BCUT2D eigenvalue weighted by atomic mass is 19.1. The SMILES string of the molecule is CC(C)(C)NC(=O)N1CCC(Nc2ncc3nc(Nc4c(F)cccc4F)n(C4CCC(C(N)=O)CC4)c3n2)C(F)C1. The van der Waals surface area contributed by atoms with Crippen LogP contribution in [0.15, 0.2) is 24.4 Å². The number of anilines is 3. The maximum Gasteiger partial charge on any atom is 0.317 e. The molecule has 0 spiro atoms. The summed E-state index contributed by atoms with van der Waals surface area (Å²) in [6, 6.07) is 2.42. The maximum atomic E-state index is 15.2. The zero-order valence-electron chi connectivity index (χ0n) is 23.8. The van der Waals surface area contributed by atoms with E-state index in [4.69, 9.17) is 5.73 Å². The van der Waals surface area contributed by atoms with Gasteiger partial charge in [-0.25, -0.2) is 27.9 Å². The van der Waals surface area contributed by atoms with E-state index < -0.39 is 29.4 Å². The third-order valence-corrected chi connectivity index (χ3v) is 7.72. The summed E-state index contributed by atoms with van der Waals surface area (Å²) in [4.78, 5) is 39.2. The highest BCUT2D eigenvalue weighted by Gasteiger charge is 2.34. The third-order valence-electron chi connectivity index (χ3n) is 7.72. The second kappa shape index (κ2) is 11.6. The fraction of sp³-hybridized carbons (Fsp3) is 0.536. The Bertz CT molecular complexity index is 1450. The number of rotatable bonds is 6. The molecule has 0 bridgehead atoms. The van der Waals surface area contributed by atoms with Crippen LogP contribution in [0.3, 0.4) is 0 Å². The first-order chi connectivity index (χ1) is 19.9. The van der Waals surface area contributed by atoms with Gasteiger partial charge in [0.1, 0.15) is 29.0 Å². The molecule has 5 rings (SSSR count). The van der Waals surface area contributed by atoms with Gasteiger partial charge in [0.15, 0.2) is 5.65 Å². The second-order valence-corrected chi connectivity index (χ2v) is 12.0. The lowest BCUT2D eigenvalue weighted by Gasteiger charge is -2.36. The van der Waals surface area contributed by atoms with Gasteiger partial charge >= 0.3 is 6.03 Å². The number of hydrogen-bond acceptors (Lipinski definition) is 7. The summed E-state index contributed by atoms with van der Waals surface area (Å²) in [6.07, 6.45) is 2.69. The van der Waals surface area contributed by atoms with E-state index in [0.29, 0.717) is 49.8 Å². The predicted molar refractivity (Wildman–Crippen MR) is 152 cm³/mol. The number of benzene rings is 1. The zero-order valence-corrected chi connectivity index (χ0v) is 23.8. The molecule has 1 saturated carbocycles. The van der Waals surface area contributed by atoms with E-state index in [-0.39, 0.29) is 48.0 Å². The lowest BCUT2D eigenvalue weighted by molar-refractivity contribution is -0.122. The summed E-state index contributed by atoms with van der Waals surface area (Å²) in [6.45, 7) is 5.86. The zero-order chi connectivity index (χ0) is 30.2. The van der Waals surface area contributed by atoms with Gasteiger partial charge in [0.05, 0.1) is 18.8 Å². The van der Waals surface area contributed by atoms with Crippen LogP contribution in [0.25, 0.3) is 11.2 Å². The molecule has 3 amide bonds. The van der Waals surface area contributed by atoms with Gasteiger partial charge in [-0.2, -0.15) is 4.98 Å². The summed E-state index contributed by atoms with van der Waals surface area (Å²) < 4.78 is 46.0. The van der Waals surface area contributed by atoms with Crippen molar-refractivity contribution in [2.24, 2.45) is 11.7 Å². The van der Waals surface area contributed by atoms with Gasteiger partial charge in [0.25, 0.3) is 0 Å². The fourth-order valence-corrected chi connectivity index (χ4v) is 5.56. The minimum Gasteiger partial charge on any atom is -0.369 e. The van der Waals surface area contributed by atoms with Crippen molar-refractivity contribution >= 4 is 40.7 Å². The molecule has 3 aromatic rings. The fourth-order valence-electron chi connectivity index (χ4n) is 5.56. The molecule has 14 heteroatoms. The molecular weight excluding hydrogens is 551 g/mol. The Balaban J connectivity index is 1.40. The molecule has 2 fully saturated rings. The number of hydrogen-bond donors (Lipinski definition) is 4. The number of primary amides is 1. The summed E-state index contributed by atoms with van der Waals surface area (Å²) in [5, 5.41) is 8.70. The normalized spacial score (nSPS) is 23.0. The van der Waals surface area contributed by atoms with Gasteiger partial charge in [-0.3, -0.25) is 9.36 Å². The number of nitrogens with one attached hydrogen (secondary N) is 3. The Hall–Kier alpha value is -4.10. The number of imidazole rings is 1. The molecule has 42 heavy (non-hydrogen) atoms. The minimum absolute atomic E-state index is 0.0782. The van der Waals surface area contributed by atoms with E-state index in [1.165, 1.54) is 17.2 Å². The Morgan fingerprint density at radius 1 is 1.05 bits per heavy atom. The third kappa shape index (κ3) is 6.36. The van der Waals surface area contributed by atoms with Crippen molar-refractivity contribution in [1.82, 2.24) is 29.7 Å². The van der Waals surface area contributed by atoms with Gasteiger partial charge in [0, 0.05) is 24.0 Å². The van der Waals surface area contributed by atoms with Crippen molar-refractivity contribution in [3.8, 4) is 0 Å². The van der Waals surface area contributed by atoms with Crippen molar-refractivity contribution in [1.29, 1.82) is 0 Å². The van der Waals surface area contributed by atoms with Gasteiger partial charge in [-0.05, 0) is 65.0 Å². The highest BCUT2D eigenvalue weighted by molar-refractivity contribution is 5.78. The van der Waals surface area contributed by atoms with Crippen molar-refractivity contribution in [2.75, 3.05) is 23.7 Å². The number of alkyl halides is 1. The molecule has 1 aromatic carbocycles. The number of para-hydroxylation sites is 1. The van der Waals surface area contributed by atoms with Crippen LogP contribution in [0.5, 0.6) is 0 Å². The largest absolute Gasteiger partial charge is 0.369 e. The van der Waals surface area contributed by atoms with E-state index in [1.54, 1.807) is 4.57 Å². The topological polar surface area (TPSA) is 143 Å². The number of nitrogens with zero attached hydrogens (tertiary/aromatic N) is 5.